The molecule has 3 unspecified atom stereocenters. The van der Waals surface area contributed by atoms with Gasteiger partial charge in [0.1, 0.15) is 0 Å². The van der Waals surface area contributed by atoms with Crippen LogP contribution in [0, 0.1) is 18.8 Å². The van der Waals surface area contributed by atoms with Crippen LogP contribution in [0.15, 0.2) is 139 Å². The summed E-state index contributed by atoms with van der Waals surface area (Å²) in [6.07, 6.45) is 24.3. The summed E-state index contributed by atoms with van der Waals surface area (Å²) < 4.78 is 0. The van der Waals surface area contributed by atoms with Gasteiger partial charge in [0.05, 0.1) is 6.04 Å². The highest BCUT2D eigenvalue weighted by atomic mass is 14.9. The number of nitrogens with one attached hydrogen (secondary N) is 1. The van der Waals surface area contributed by atoms with E-state index in [0.29, 0.717) is 11.8 Å². The number of rotatable bonds is 4. The molecule has 0 saturated carbocycles. The topological polar surface area (TPSA) is 24.9 Å². The SMILES string of the molecule is Cc1cccc(C2=c3ccccc3=C(C3=Cc4cc(C5=CNC(c6ccncc6)C=C5)ccc4CC3)C3C=CC=CC23)c1. The van der Waals surface area contributed by atoms with Gasteiger partial charge in [0.2, 0.25) is 0 Å². The zero-order valence-electron chi connectivity index (χ0n) is 24.4. The summed E-state index contributed by atoms with van der Waals surface area (Å²) in [7, 11) is 0. The van der Waals surface area contributed by atoms with E-state index in [2.05, 4.69) is 145 Å². The van der Waals surface area contributed by atoms with E-state index in [9.17, 15) is 0 Å². The third-order valence-corrected chi connectivity index (χ3v) is 9.41. The molecule has 3 atom stereocenters. The molecule has 0 amide bonds. The van der Waals surface area contributed by atoms with Gasteiger partial charge in [-0.3, -0.25) is 4.98 Å². The number of aryl methyl sites for hydroxylation is 2. The van der Waals surface area contributed by atoms with Crippen molar-refractivity contribution >= 4 is 22.8 Å². The molecule has 0 saturated heterocycles. The molecule has 1 N–H and O–H groups in total. The Kier molecular flexibility index (Phi) is 6.41. The number of nitrogens with zero attached hydrogens (tertiary/aromatic N) is 1. The van der Waals surface area contributed by atoms with Crippen molar-refractivity contribution in [2.24, 2.45) is 11.8 Å². The maximum Gasteiger partial charge on any atom is 0.0697 e. The van der Waals surface area contributed by atoms with Crippen molar-refractivity contribution in [3.63, 3.8) is 0 Å². The number of aromatic nitrogens is 1. The minimum atomic E-state index is 0.172. The molecule has 0 radical (unpaired) electrons. The predicted octanol–water partition coefficient (Wildman–Crippen LogP) is 7.38. The number of dihydropyridines is 1. The van der Waals surface area contributed by atoms with Crippen LogP contribution in [0.2, 0.25) is 0 Å². The van der Waals surface area contributed by atoms with E-state index in [1.165, 1.54) is 66.1 Å². The van der Waals surface area contributed by atoms with Gasteiger partial charge in [-0.15, -0.1) is 0 Å². The third kappa shape index (κ3) is 4.64. The smallest absolute Gasteiger partial charge is 0.0697 e. The Balaban J connectivity index is 1.22. The highest BCUT2D eigenvalue weighted by Crippen LogP contribution is 2.43. The van der Waals surface area contributed by atoms with Gasteiger partial charge in [0.25, 0.3) is 0 Å². The van der Waals surface area contributed by atoms with Gasteiger partial charge in [-0.1, -0.05) is 109 Å². The summed E-state index contributed by atoms with van der Waals surface area (Å²) in [6.45, 7) is 2.19. The molecule has 0 fully saturated rings. The van der Waals surface area contributed by atoms with E-state index in [1.807, 2.05) is 12.4 Å². The minimum absolute atomic E-state index is 0.172. The fourth-order valence-electron chi connectivity index (χ4n) is 7.34. The van der Waals surface area contributed by atoms with Crippen molar-refractivity contribution < 1.29 is 0 Å². The lowest BCUT2D eigenvalue weighted by molar-refractivity contribution is 0.679. The molecule has 2 nitrogen and oxygen atoms in total. The number of allylic oxidation sites excluding steroid dienone is 7. The van der Waals surface area contributed by atoms with Gasteiger partial charge in [-0.25, -0.2) is 0 Å². The van der Waals surface area contributed by atoms with Gasteiger partial charge in [0, 0.05) is 30.4 Å². The average molecular weight is 555 g/mol. The monoisotopic (exact) mass is 554 g/mol. The molecule has 1 aliphatic heterocycles. The van der Waals surface area contributed by atoms with Gasteiger partial charge in [-0.05, 0) is 98.5 Å². The van der Waals surface area contributed by atoms with Crippen LogP contribution in [-0.2, 0) is 6.42 Å². The van der Waals surface area contributed by atoms with E-state index in [4.69, 9.17) is 0 Å². The number of benzene rings is 3. The zero-order chi connectivity index (χ0) is 28.8. The Bertz CT molecular complexity index is 2020. The van der Waals surface area contributed by atoms with Crippen LogP contribution in [-0.4, -0.2) is 4.98 Å². The molecule has 0 bridgehead atoms. The quantitative estimate of drug-likeness (QED) is 0.285. The van der Waals surface area contributed by atoms with Crippen LogP contribution in [0.3, 0.4) is 0 Å². The van der Waals surface area contributed by atoms with Crippen molar-refractivity contribution in [2.45, 2.75) is 25.8 Å². The molecule has 2 heteroatoms. The van der Waals surface area contributed by atoms with E-state index in [0.717, 1.165) is 12.8 Å². The summed E-state index contributed by atoms with van der Waals surface area (Å²) in [4.78, 5) is 4.16. The van der Waals surface area contributed by atoms with Crippen molar-refractivity contribution in [1.82, 2.24) is 10.3 Å². The van der Waals surface area contributed by atoms with E-state index >= 15 is 0 Å². The molecule has 3 aliphatic carbocycles. The molecule has 0 spiro atoms. The number of pyridine rings is 1. The normalized spacial score (nSPS) is 21.7. The second-order valence-corrected chi connectivity index (χ2v) is 12.0. The first-order chi connectivity index (χ1) is 21.2. The summed E-state index contributed by atoms with van der Waals surface area (Å²) in [5.41, 5.74) is 13.5. The Morgan fingerprint density at radius 2 is 1.51 bits per heavy atom. The lowest BCUT2D eigenvalue weighted by Gasteiger charge is -2.35. The second kappa shape index (κ2) is 10.7. The molecule has 4 aliphatic rings. The average Bonchev–Trinajstić information content (AvgIpc) is 3.07. The fraction of sp³-hybridized carbons (Fsp3) is 0.146. The van der Waals surface area contributed by atoms with Crippen molar-refractivity contribution in [1.29, 1.82) is 0 Å². The highest BCUT2D eigenvalue weighted by Gasteiger charge is 2.33. The van der Waals surface area contributed by atoms with Crippen molar-refractivity contribution in [3.05, 3.63) is 183 Å². The summed E-state index contributed by atoms with van der Waals surface area (Å²) in [6, 6.07) is 29.4. The first kappa shape index (κ1) is 25.7. The number of hydrogen-bond acceptors (Lipinski definition) is 2. The molecule has 8 rings (SSSR count). The molecule has 1 aromatic heterocycles. The summed E-state index contributed by atoms with van der Waals surface area (Å²) in [5, 5.41) is 6.33. The van der Waals surface area contributed by atoms with Gasteiger partial charge < -0.3 is 5.32 Å². The zero-order valence-corrected chi connectivity index (χ0v) is 24.4. The molecular weight excluding hydrogens is 520 g/mol. The van der Waals surface area contributed by atoms with Gasteiger partial charge in [-0.2, -0.15) is 0 Å². The fourth-order valence-corrected chi connectivity index (χ4v) is 7.34. The maximum absolute atomic E-state index is 4.16. The number of hydrogen-bond donors (Lipinski definition) is 1. The lowest BCUT2D eigenvalue weighted by Crippen LogP contribution is -2.40. The predicted molar refractivity (Wildman–Crippen MR) is 178 cm³/mol. The van der Waals surface area contributed by atoms with Crippen LogP contribution in [0.4, 0.5) is 0 Å². The van der Waals surface area contributed by atoms with Crippen molar-refractivity contribution in [3.8, 4) is 0 Å². The maximum atomic E-state index is 4.16. The Labute approximate surface area is 253 Å². The van der Waals surface area contributed by atoms with Crippen LogP contribution in [0.1, 0.15) is 45.8 Å². The van der Waals surface area contributed by atoms with E-state index in [1.54, 1.807) is 0 Å². The Hall–Kier alpha value is -4.95. The number of fused-ring (bicyclic) bond motifs is 3. The molecular formula is C41H34N2. The molecule has 2 heterocycles. The van der Waals surface area contributed by atoms with E-state index < -0.39 is 0 Å². The van der Waals surface area contributed by atoms with Crippen LogP contribution in [0.5, 0.6) is 0 Å². The lowest BCUT2D eigenvalue weighted by atomic mass is 9.68. The Morgan fingerprint density at radius 3 is 2.28 bits per heavy atom. The van der Waals surface area contributed by atoms with Crippen LogP contribution in [0.25, 0.3) is 22.8 Å². The molecule has 4 aromatic rings. The Morgan fingerprint density at radius 1 is 0.721 bits per heavy atom. The third-order valence-electron chi connectivity index (χ3n) is 9.41. The van der Waals surface area contributed by atoms with E-state index in [-0.39, 0.29) is 6.04 Å². The molecule has 43 heavy (non-hydrogen) atoms. The highest BCUT2D eigenvalue weighted by molar-refractivity contribution is 5.86. The van der Waals surface area contributed by atoms with Crippen molar-refractivity contribution in [2.75, 3.05) is 0 Å². The van der Waals surface area contributed by atoms with Gasteiger partial charge in [0.15, 0.2) is 0 Å². The minimum Gasteiger partial charge on any atom is -0.380 e. The second-order valence-electron chi connectivity index (χ2n) is 12.0. The molecule has 3 aromatic carbocycles. The van der Waals surface area contributed by atoms with Gasteiger partial charge >= 0.3 is 0 Å². The standard InChI is InChI=1S/C41H34N2/c1-27-7-6-8-31(23-27)40-35-9-2-4-11-37(35)41(38-12-5-3-10-36(38)40)32-16-14-28-13-15-30(24-34(28)25-32)33-17-18-39(43-26-33)29-19-21-42-22-20-29/h2-13,15,17-26,35,37,39,43H,14,16H2,1H3. The first-order valence-corrected chi connectivity index (χ1v) is 15.4. The largest absolute Gasteiger partial charge is 0.380 e. The summed E-state index contributed by atoms with van der Waals surface area (Å²) in [5.74, 6) is 0.645. The molecule has 208 valence electrons. The first-order valence-electron chi connectivity index (χ1n) is 15.4. The summed E-state index contributed by atoms with van der Waals surface area (Å²) >= 11 is 0. The van der Waals surface area contributed by atoms with Crippen LogP contribution >= 0.6 is 0 Å². The van der Waals surface area contributed by atoms with Crippen LogP contribution < -0.4 is 15.8 Å².